The van der Waals surface area contributed by atoms with E-state index in [2.05, 4.69) is 21.7 Å². The Labute approximate surface area is 179 Å². The first kappa shape index (κ1) is 21.5. The van der Waals surface area contributed by atoms with E-state index >= 15 is 0 Å². The summed E-state index contributed by atoms with van der Waals surface area (Å²) in [5, 5.41) is 16.7. The number of rotatable bonds is 7. The average molecular weight is 433 g/mol. The van der Waals surface area contributed by atoms with Crippen molar-refractivity contribution in [3.8, 4) is 6.07 Å². The van der Waals surface area contributed by atoms with Crippen LogP contribution in [0.15, 0.2) is 24.3 Å². The van der Waals surface area contributed by atoms with E-state index in [1.54, 1.807) is 30.0 Å². The number of aromatic amines is 1. The second-order valence-electron chi connectivity index (χ2n) is 7.36. The molecule has 1 aromatic heterocycles. The quantitative estimate of drug-likeness (QED) is 0.618. The van der Waals surface area contributed by atoms with Crippen LogP contribution in [0.4, 0.5) is 0 Å². The van der Waals surface area contributed by atoms with Gasteiger partial charge in [-0.2, -0.15) is 17.0 Å². The van der Waals surface area contributed by atoms with Crippen molar-refractivity contribution < 1.29 is 9.59 Å². The van der Waals surface area contributed by atoms with Gasteiger partial charge in [0.25, 0.3) is 5.91 Å². The Hall–Kier alpha value is -2.17. The molecular weight excluding hydrogens is 408 g/mol. The number of aromatic nitrogens is 1. The molecule has 8 heteroatoms. The van der Waals surface area contributed by atoms with Gasteiger partial charge in [-0.3, -0.25) is 9.59 Å². The van der Waals surface area contributed by atoms with E-state index in [1.807, 2.05) is 12.3 Å². The number of hydrogen-bond acceptors (Lipinski definition) is 4. The zero-order chi connectivity index (χ0) is 20.8. The minimum Gasteiger partial charge on any atom is -0.350 e. The molecule has 0 radical (unpaired) electrons. The van der Waals surface area contributed by atoms with Crippen molar-refractivity contribution in [2.24, 2.45) is 5.92 Å². The number of benzene rings is 1. The highest BCUT2D eigenvalue weighted by Gasteiger charge is 2.33. The Morgan fingerprint density at radius 2 is 2.14 bits per heavy atom. The number of halogens is 1. The van der Waals surface area contributed by atoms with E-state index in [0.717, 1.165) is 35.9 Å². The van der Waals surface area contributed by atoms with Gasteiger partial charge in [-0.25, -0.2) is 0 Å². The van der Waals surface area contributed by atoms with E-state index in [-0.39, 0.29) is 23.8 Å². The van der Waals surface area contributed by atoms with Crippen molar-refractivity contribution in [2.75, 3.05) is 12.0 Å². The molecule has 3 unspecified atom stereocenters. The largest absolute Gasteiger partial charge is 0.350 e. The molecule has 2 amide bonds. The van der Waals surface area contributed by atoms with Crippen molar-refractivity contribution >= 4 is 46.1 Å². The summed E-state index contributed by atoms with van der Waals surface area (Å²) in [6, 6.07) is 8.63. The number of amides is 2. The highest BCUT2D eigenvalue weighted by molar-refractivity contribution is 7.98. The number of hydrogen-bond donors (Lipinski definition) is 3. The second kappa shape index (κ2) is 10.0. The minimum absolute atomic E-state index is 0.147. The molecule has 0 aliphatic heterocycles. The molecule has 2 aromatic rings. The molecule has 1 heterocycles. The fraction of sp³-hybridized carbons (Fsp3) is 0.476. The Balaban J connectivity index is 1.67. The molecular formula is C21H25ClN4O2S. The lowest BCUT2D eigenvalue weighted by Gasteiger charge is -2.31. The number of fused-ring (bicyclic) bond motifs is 1. The number of carbonyl (C=O) groups is 2. The molecule has 0 saturated heterocycles. The maximum Gasteiger partial charge on any atom is 0.267 e. The van der Waals surface area contributed by atoms with E-state index in [4.69, 9.17) is 11.6 Å². The molecule has 0 bridgehead atoms. The fourth-order valence-electron chi connectivity index (χ4n) is 3.77. The minimum atomic E-state index is -0.494. The molecule has 6 nitrogen and oxygen atoms in total. The first-order valence-electron chi connectivity index (χ1n) is 9.80. The van der Waals surface area contributed by atoms with Gasteiger partial charge in [0.05, 0.1) is 12.0 Å². The maximum atomic E-state index is 12.8. The number of H-pyrrole nitrogens is 1. The van der Waals surface area contributed by atoms with Crippen molar-refractivity contribution in [1.82, 2.24) is 15.6 Å². The lowest BCUT2D eigenvalue weighted by molar-refractivity contribution is -0.127. The first-order chi connectivity index (χ1) is 14.0. The van der Waals surface area contributed by atoms with Crippen molar-refractivity contribution in [2.45, 2.75) is 44.2 Å². The van der Waals surface area contributed by atoms with Crippen molar-refractivity contribution in [3.05, 3.63) is 35.0 Å². The molecule has 29 heavy (non-hydrogen) atoms. The second-order valence-corrected chi connectivity index (χ2v) is 8.78. The lowest BCUT2D eigenvalue weighted by atomic mass is 9.83. The molecule has 3 N–H and O–H groups in total. The molecule has 1 fully saturated rings. The monoisotopic (exact) mass is 432 g/mol. The van der Waals surface area contributed by atoms with Crippen LogP contribution in [0.1, 0.15) is 42.6 Å². The SMILES string of the molecule is CSCCC(C#N)NC(=O)C1CCCCC1NC(=O)c1cc2ccc(Cl)cc2[nH]1. The Kier molecular flexibility index (Phi) is 7.45. The summed E-state index contributed by atoms with van der Waals surface area (Å²) in [6.45, 7) is 0. The smallest absolute Gasteiger partial charge is 0.267 e. The summed E-state index contributed by atoms with van der Waals surface area (Å²) < 4.78 is 0. The Morgan fingerprint density at radius 3 is 2.90 bits per heavy atom. The predicted molar refractivity (Wildman–Crippen MR) is 117 cm³/mol. The van der Waals surface area contributed by atoms with Gasteiger partial charge in [0, 0.05) is 22.0 Å². The first-order valence-corrected chi connectivity index (χ1v) is 11.6. The van der Waals surface area contributed by atoms with Gasteiger partial charge >= 0.3 is 0 Å². The van der Waals surface area contributed by atoms with Crippen LogP contribution < -0.4 is 10.6 Å². The molecule has 154 valence electrons. The third kappa shape index (κ3) is 5.46. The molecule has 3 rings (SSSR count). The molecule has 1 aromatic carbocycles. The summed E-state index contributed by atoms with van der Waals surface area (Å²) in [4.78, 5) is 28.7. The van der Waals surface area contributed by atoms with Crippen LogP contribution in [0, 0.1) is 17.2 Å². The summed E-state index contributed by atoms with van der Waals surface area (Å²) in [5.74, 6) is 0.109. The molecule has 3 atom stereocenters. The molecule has 1 saturated carbocycles. The maximum absolute atomic E-state index is 12.8. The van der Waals surface area contributed by atoms with E-state index in [9.17, 15) is 14.9 Å². The van der Waals surface area contributed by atoms with Crippen LogP contribution in [0.2, 0.25) is 5.02 Å². The van der Waals surface area contributed by atoms with Gasteiger partial charge in [-0.15, -0.1) is 0 Å². The highest BCUT2D eigenvalue weighted by atomic mass is 35.5. The van der Waals surface area contributed by atoms with Crippen LogP contribution in [0.25, 0.3) is 10.9 Å². The molecule has 0 spiro atoms. The third-order valence-electron chi connectivity index (χ3n) is 5.33. The van der Waals surface area contributed by atoms with Crippen molar-refractivity contribution in [3.63, 3.8) is 0 Å². The van der Waals surface area contributed by atoms with Gasteiger partial charge in [0.2, 0.25) is 5.91 Å². The van der Waals surface area contributed by atoms with Gasteiger partial charge in [0.15, 0.2) is 0 Å². The summed E-state index contributed by atoms with van der Waals surface area (Å²) >= 11 is 7.66. The predicted octanol–water partition coefficient (Wildman–Crippen LogP) is 3.87. The van der Waals surface area contributed by atoms with Crippen LogP contribution in [-0.2, 0) is 4.79 Å². The highest BCUT2D eigenvalue weighted by Crippen LogP contribution is 2.26. The van der Waals surface area contributed by atoms with Gasteiger partial charge in [-0.05, 0) is 49.5 Å². The number of nitrogens with zero attached hydrogens (tertiary/aromatic N) is 1. The van der Waals surface area contributed by atoms with E-state index < -0.39 is 6.04 Å². The summed E-state index contributed by atoms with van der Waals surface area (Å²) in [5.41, 5.74) is 1.24. The van der Waals surface area contributed by atoms with E-state index in [1.165, 1.54) is 0 Å². The fourth-order valence-corrected chi connectivity index (χ4v) is 4.41. The normalized spacial score (nSPS) is 20.0. The van der Waals surface area contributed by atoms with Crippen LogP contribution >= 0.6 is 23.4 Å². The zero-order valence-electron chi connectivity index (χ0n) is 16.3. The number of nitrogens with one attached hydrogen (secondary N) is 3. The van der Waals surface area contributed by atoms with Crippen LogP contribution in [0.3, 0.4) is 0 Å². The van der Waals surface area contributed by atoms with Gasteiger partial charge in [-0.1, -0.05) is 30.5 Å². The zero-order valence-corrected chi connectivity index (χ0v) is 17.9. The van der Waals surface area contributed by atoms with Gasteiger partial charge < -0.3 is 15.6 Å². The van der Waals surface area contributed by atoms with Crippen molar-refractivity contribution in [1.29, 1.82) is 5.26 Å². The van der Waals surface area contributed by atoms with Crippen LogP contribution in [0.5, 0.6) is 0 Å². The number of thioether (sulfide) groups is 1. The summed E-state index contributed by atoms with van der Waals surface area (Å²) in [7, 11) is 0. The molecule has 1 aliphatic carbocycles. The average Bonchev–Trinajstić information content (AvgIpc) is 3.14. The lowest BCUT2D eigenvalue weighted by Crippen LogP contribution is -2.50. The summed E-state index contributed by atoms with van der Waals surface area (Å²) in [6.07, 6.45) is 5.95. The number of nitriles is 1. The molecule has 1 aliphatic rings. The Morgan fingerprint density at radius 1 is 1.34 bits per heavy atom. The third-order valence-corrected chi connectivity index (χ3v) is 6.21. The topological polar surface area (TPSA) is 97.8 Å². The standard InChI is InChI=1S/C21H25ClN4O2S/c1-29-9-8-15(12-23)24-20(27)16-4-2-3-5-17(16)26-21(28)19-10-13-6-7-14(22)11-18(13)25-19/h6-7,10-11,15-17,25H,2-5,8-9H2,1H3,(H,24,27)(H,26,28). The number of carbonyl (C=O) groups excluding carboxylic acids is 2. The van der Waals surface area contributed by atoms with E-state index in [0.29, 0.717) is 23.6 Å². The van der Waals surface area contributed by atoms with Gasteiger partial charge in [0.1, 0.15) is 11.7 Å². The van der Waals surface area contributed by atoms with Crippen LogP contribution in [-0.4, -0.2) is 40.9 Å². The Bertz CT molecular complexity index is 923.